The Morgan fingerprint density at radius 3 is 2.92 bits per heavy atom. The number of amides is 1. The largest absolute Gasteiger partial charge is 0.301 e. The lowest BCUT2D eigenvalue weighted by Gasteiger charge is -2.36. The van der Waals surface area contributed by atoms with Crippen LogP contribution in [0.15, 0.2) is 30.5 Å². The Kier molecular flexibility index (Phi) is 4.63. The van der Waals surface area contributed by atoms with E-state index in [0.29, 0.717) is 18.0 Å². The van der Waals surface area contributed by atoms with Gasteiger partial charge in [0, 0.05) is 24.0 Å². The molecule has 0 radical (unpaired) electrons. The average molecular weight is 370 g/mol. The van der Waals surface area contributed by atoms with Crippen LogP contribution in [0.3, 0.4) is 0 Å². The van der Waals surface area contributed by atoms with Gasteiger partial charge in [-0.15, -0.1) is 11.3 Å². The highest BCUT2D eigenvalue weighted by Gasteiger charge is 2.40. The Morgan fingerprint density at radius 2 is 2.29 bits per heavy atom. The number of carbonyl (C=O) groups is 1. The molecule has 0 bridgehead atoms. The molecule has 0 unspecified atom stereocenters. The van der Waals surface area contributed by atoms with Crippen molar-refractivity contribution in [3.63, 3.8) is 0 Å². The van der Waals surface area contributed by atoms with Crippen LogP contribution in [0.25, 0.3) is 0 Å². The first-order valence-electron chi connectivity index (χ1n) is 7.12. The summed E-state index contributed by atoms with van der Waals surface area (Å²) in [6, 6.07) is 5.45. The van der Waals surface area contributed by atoms with Gasteiger partial charge in [-0.1, -0.05) is 12.1 Å². The lowest BCUT2D eigenvalue weighted by atomic mass is 10.1. The normalized spacial score (nSPS) is 18.2. The number of thiazole rings is 1. The lowest BCUT2D eigenvalue weighted by Crippen LogP contribution is -2.58. The number of halogens is 1. The van der Waals surface area contributed by atoms with Gasteiger partial charge in [-0.05, 0) is 24.1 Å². The molecular weight excluding hydrogens is 355 g/mol. The van der Waals surface area contributed by atoms with E-state index < -0.39 is 22.2 Å². The van der Waals surface area contributed by atoms with Crippen molar-refractivity contribution in [2.75, 3.05) is 11.9 Å². The van der Waals surface area contributed by atoms with E-state index in [-0.39, 0.29) is 12.4 Å². The number of nitrogens with one attached hydrogen (secondary N) is 1. The molecule has 1 aliphatic rings. The van der Waals surface area contributed by atoms with Crippen LogP contribution in [-0.4, -0.2) is 36.2 Å². The first-order chi connectivity index (χ1) is 11.3. The number of hydrogen-bond acceptors (Lipinski definition) is 5. The molecule has 1 aromatic carbocycles. The molecule has 2 aromatic rings. The van der Waals surface area contributed by atoms with Gasteiger partial charge in [-0.25, -0.2) is 14.5 Å². The van der Waals surface area contributed by atoms with Crippen LogP contribution < -0.4 is 10.5 Å². The number of hydrogen-bond donors (Lipinski definition) is 2. The minimum absolute atomic E-state index is 0.236. The third-order valence-corrected chi connectivity index (χ3v) is 5.65. The zero-order valence-corrected chi connectivity index (χ0v) is 14.1. The highest BCUT2D eigenvalue weighted by Crippen LogP contribution is 2.25. The fourth-order valence-corrected chi connectivity index (χ4v) is 4.18. The second-order valence-electron chi connectivity index (χ2n) is 5.39. The second kappa shape index (κ2) is 6.55. The molecule has 128 valence electrons. The molecule has 0 saturated carbocycles. The van der Waals surface area contributed by atoms with Gasteiger partial charge < -0.3 is 5.32 Å². The molecule has 7 nitrogen and oxygen atoms in total. The van der Waals surface area contributed by atoms with Gasteiger partial charge in [0.1, 0.15) is 11.9 Å². The molecule has 10 heteroatoms. The minimum atomic E-state index is -3.87. The Labute approximate surface area is 142 Å². The quantitative estimate of drug-likeness (QED) is 0.822. The molecule has 2 heterocycles. The van der Waals surface area contributed by atoms with E-state index in [2.05, 4.69) is 10.3 Å². The van der Waals surface area contributed by atoms with Gasteiger partial charge >= 0.3 is 0 Å². The summed E-state index contributed by atoms with van der Waals surface area (Å²) in [6.45, 7) is 0.236. The van der Waals surface area contributed by atoms with Gasteiger partial charge in [0.25, 0.3) is 10.2 Å². The third kappa shape index (κ3) is 3.78. The Balaban J connectivity index is 1.63. The minimum Gasteiger partial charge on any atom is -0.301 e. The van der Waals surface area contributed by atoms with Crippen molar-refractivity contribution in [1.29, 1.82) is 0 Å². The van der Waals surface area contributed by atoms with Gasteiger partial charge in [0.2, 0.25) is 5.91 Å². The molecule has 1 amide bonds. The summed E-state index contributed by atoms with van der Waals surface area (Å²) < 4.78 is 36.7. The Hall–Kier alpha value is -1.88. The summed E-state index contributed by atoms with van der Waals surface area (Å²) in [4.78, 5) is 17.1. The van der Waals surface area contributed by atoms with Crippen LogP contribution in [0.4, 0.5) is 9.52 Å². The van der Waals surface area contributed by atoms with E-state index in [4.69, 9.17) is 5.14 Å². The molecule has 1 fully saturated rings. The standard InChI is InChI=1S/C14H15FN4O3S2/c15-10-3-1-2-9(6-10)7-11-8-17-14(23-11)18-13(20)12-4-5-19(12)24(16,21)22/h1-3,6,8,12H,4-5,7H2,(H2,16,21,22)(H,17,18,20)/t12-/m1/s1. The summed E-state index contributed by atoms with van der Waals surface area (Å²) >= 11 is 1.26. The maximum atomic E-state index is 13.2. The van der Waals surface area contributed by atoms with Crippen molar-refractivity contribution in [3.05, 3.63) is 46.7 Å². The molecule has 1 aromatic heterocycles. The van der Waals surface area contributed by atoms with E-state index in [1.165, 1.54) is 23.5 Å². The van der Waals surface area contributed by atoms with Crippen LogP contribution in [-0.2, 0) is 21.4 Å². The maximum absolute atomic E-state index is 13.2. The molecule has 0 spiro atoms. The van der Waals surface area contributed by atoms with Gasteiger partial charge in [-0.2, -0.15) is 12.7 Å². The van der Waals surface area contributed by atoms with Gasteiger partial charge in [0.05, 0.1) is 0 Å². The summed E-state index contributed by atoms with van der Waals surface area (Å²) in [5, 5.41) is 8.00. The van der Waals surface area contributed by atoms with Gasteiger partial charge in [0.15, 0.2) is 5.13 Å². The highest BCUT2D eigenvalue weighted by atomic mass is 32.2. The number of carbonyl (C=O) groups excluding carboxylic acids is 1. The fraction of sp³-hybridized carbons (Fsp3) is 0.286. The van der Waals surface area contributed by atoms with Crippen molar-refractivity contribution < 1.29 is 17.6 Å². The van der Waals surface area contributed by atoms with Crippen molar-refractivity contribution >= 4 is 32.6 Å². The van der Waals surface area contributed by atoms with E-state index in [0.717, 1.165) is 14.7 Å². The molecule has 3 rings (SSSR count). The molecular formula is C14H15FN4O3S2. The van der Waals surface area contributed by atoms with Crippen molar-refractivity contribution in [2.24, 2.45) is 5.14 Å². The number of nitrogens with two attached hydrogens (primary N) is 1. The zero-order chi connectivity index (χ0) is 17.3. The van der Waals surface area contributed by atoms with Crippen LogP contribution in [0, 0.1) is 5.82 Å². The smallest absolute Gasteiger partial charge is 0.277 e. The first kappa shape index (κ1) is 17.0. The topological polar surface area (TPSA) is 105 Å². The van der Waals surface area contributed by atoms with E-state index in [9.17, 15) is 17.6 Å². The summed E-state index contributed by atoms with van der Waals surface area (Å²) in [5.74, 6) is -0.763. The zero-order valence-electron chi connectivity index (χ0n) is 12.5. The molecule has 0 aliphatic carbocycles. The van der Waals surface area contributed by atoms with Crippen LogP contribution in [0.1, 0.15) is 16.9 Å². The number of rotatable bonds is 5. The maximum Gasteiger partial charge on any atom is 0.277 e. The van der Waals surface area contributed by atoms with E-state index >= 15 is 0 Å². The number of aromatic nitrogens is 1. The predicted octanol–water partition coefficient (Wildman–Crippen LogP) is 1.09. The molecule has 1 atom stereocenters. The number of benzene rings is 1. The Bertz CT molecular complexity index is 868. The monoisotopic (exact) mass is 370 g/mol. The second-order valence-corrected chi connectivity index (χ2v) is 8.00. The van der Waals surface area contributed by atoms with Gasteiger partial charge in [-0.3, -0.25) is 4.79 Å². The molecule has 1 saturated heterocycles. The molecule has 3 N–H and O–H groups in total. The average Bonchev–Trinajstić information content (AvgIpc) is 2.82. The van der Waals surface area contributed by atoms with Crippen molar-refractivity contribution in [3.8, 4) is 0 Å². The first-order valence-corrected chi connectivity index (χ1v) is 9.44. The summed E-state index contributed by atoms with van der Waals surface area (Å²) in [7, 11) is -3.87. The highest BCUT2D eigenvalue weighted by molar-refractivity contribution is 7.86. The van der Waals surface area contributed by atoms with Crippen LogP contribution in [0.5, 0.6) is 0 Å². The summed E-state index contributed by atoms with van der Waals surface area (Å²) in [5.41, 5.74) is 0.802. The van der Waals surface area contributed by atoms with Crippen molar-refractivity contribution in [1.82, 2.24) is 9.29 Å². The predicted molar refractivity (Wildman–Crippen MR) is 88.2 cm³/mol. The van der Waals surface area contributed by atoms with E-state index in [1.54, 1.807) is 18.3 Å². The lowest BCUT2D eigenvalue weighted by molar-refractivity contribution is -0.122. The third-order valence-electron chi connectivity index (χ3n) is 3.65. The number of anilines is 1. The SMILES string of the molecule is NS(=O)(=O)N1CC[C@@H]1C(=O)Nc1ncc(Cc2cccc(F)c2)s1. The summed E-state index contributed by atoms with van der Waals surface area (Å²) in [6.07, 6.45) is 2.52. The number of nitrogens with zero attached hydrogens (tertiary/aromatic N) is 2. The molecule has 24 heavy (non-hydrogen) atoms. The van der Waals surface area contributed by atoms with Crippen LogP contribution >= 0.6 is 11.3 Å². The molecule has 1 aliphatic heterocycles. The Morgan fingerprint density at radius 1 is 1.50 bits per heavy atom. The fourth-order valence-electron chi connectivity index (χ4n) is 2.41. The van der Waals surface area contributed by atoms with E-state index in [1.807, 2.05) is 0 Å². The van der Waals surface area contributed by atoms with Crippen LogP contribution in [0.2, 0.25) is 0 Å². The van der Waals surface area contributed by atoms with Crippen molar-refractivity contribution in [2.45, 2.75) is 18.9 Å².